The van der Waals surface area contributed by atoms with E-state index in [-0.39, 0.29) is 6.10 Å². The Balaban J connectivity index is 2.29. The van der Waals surface area contributed by atoms with Gasteiger partial charge in [0, 0.05) is 5.56 Å². The van der Waals surface area contributed by atoms with Gasteiger partial charge in [-0.05, 0) is 47.0 Å². The van der Waals surface area contributed by atoms with Crippen molar-refractivity contribution >= 4 is 33.3 Å². The van der Waals surface area contributed by atoms with Gasteiger partial charge in [0.15, 0.2) is 0 Å². The third kappa shape index (κ3) is 4.37. The van der Waals surface area contributed by atoms with Crippen LogP contribution in [0, 0.1) is 0 Å². The molecule has 1 aromatic carbocycles. The second-order valence-corrected chi connectivity index (χ2v) is 6.45. The molecule has 2 aromatic rings. The standard InChI is InChI=1S/C17H21BrClN3O2/c1-4-10(5-2)24-9-14-17(20)22-15(16(18)21-14)12-7-6-11(23-3)8-13(12)19/h6-8,10H,4-5,9H2,1-3H3,(H2,20,22). The Morgan fingerprint density at radius 3 is 2.54 bits per heavy atom. The zero-order valence-corrected chi connectivity index (χ0v) is 16.3. The second kappa shape index (κ2) is 8.65. The van der Waals surface area contributed by atoms with E-state index < -0.39 is 0 Å². The number of methoxy groups -OCH3 is 1. The van der Waals surface area contributed by atoms with Crippen molar-refractivity contribution in [2.75, 3.05) is 12.8 Å². The Hall–Kier alpha value is -1.37. The van der Waals surface area contributed by atoms with Gasteiger partial charge < -0.3 is 15.2 Å². The fourth-order valence-electron chi connectivity index (χ4n) is 2.27. The minimum Gasteiger partial charge on any atom is -0.497 e. The molecule has 0 amide bonds. The van der Waals surface area contributed by atoms with Gasteiger partial charge in [-0.25, -0.2) is 9.97 Å². The molecule has 0 aliphatic heterocycles. The van der Waals surface area contributed by atoms with Crippen molar-refractivity contribution in [1.29, 1.82) is 0 Å². The van der Waals surface area contributed by atoms with Crippen LogP contribution in [-0.4, -0.2) is 23.2 Å². The van der Waals surface area contributed by atoms with Crippen molar-refractivity contribution < 1.29 is 9.47 Å². The predicted octanol–water partition coefficient (Wildman–Crippen LogP) is 4.86. The maximum absolute atomic E-state index is 6.31. The number of nitrogen functional groups attached to an aromatic ring is 1. The molecule has 0 aliphatic carbocycles. The zero-order valence-electron chi connectivity index (χ0n) is 14.0. The van der Waals surface area contributed by atoms with Gasteiger partial charge in [-0.3, -0.25) is 0 Å². The number of anilines is 1. The molecule has 2 N–H and O–H groups in total. The molecule has 0 saturated heterocycles. The summed E-state index contributed by atoms with van der Waals surface area (Å²) in [6.45, 7) is 4.52. The van der Waals surface area contributed by atoms with Gasteiger partial charge in [0.05, 0.1) is 24.8 Å². The second-order valence-electron chi connectivity index (χ2n) is 5.29. The molecule has 5 nitrogen and oxygen atoms in total. The summed E-state index contributed by atoms with van der Waals surface area (Å²) < 4.78 is 11.6. The molecule has 0 saturated carbocycles. The average molecular weight is 415 g/mol. The lowest BCUT2D eigenvalue weighted by Crippen LogP contribution is -2.13. The lowest BCUT2D eigenvalue weighted by molar-refractivity contribution is 0.0342. The molecule has 0 atom stereocenters. The third-order valence-corrected chi connectivity index (χ3v) is 4.62. The molecule has 1 aromatic heterocycles. The van der Waals surface area contributed by atoms with E-state index in [0.29, 0.717) is 39.2 Å². The van der Waals surface area contributed by atoms with E-state index in [1.165, 1.54) is 0 Å². The van der Waals surface area contributed by atoms with Gasteiger partial charge in [0.1, 0.15) is 27.6 Å². The van der Waals surface area contributed by atoms with Crippen molar-refractivity contribution in [3.63, 3.8) is 0 Å². The lowest BCUT2D eigenvalue weighted by Gasteiger charge is -2.15. The van der Waals surface area contributed by atoms with Crippen molar-refractivity contribution in [3.05, 3.63) is 33.5 Å². The van der Waals surface area contributed by atoms with Crippen molar-refractivity contribution in [2.45, 2.75) is 39.4 Å². The Labute approximate surface area is 155 Å². The first-order valence-electron chi connectivity index (χ1n) is 7.77. The summed E-state index contributed by atoms with van der Waals surface area (Å²) in [5.41, 5.74) is 8.00. The summed E-state index contributed by atoms with van der Waals surface area (Å²) >= 11 is 9.77. The van der Waals surface area contributed by atoms with E-state index >= 15 is 0 Å². The quantitative estimate of drug-likeness (QED) is 0.701. The van der Waals surface area contributed by atoms with Crippen LogP contribution >= 0.6 is 27.5 Å². The number of nitrogens with zero attached hydrogens (tertiary/aromatic N) is 2. The first kappa shape index (κ1) is 19.0. The summed E-state index contributed by atoms with van der Waals surface area (Å²) in [6, 6.07) is 5.37. The Morgan fingerprint density at radius 2 is 1.96 bits per heavy atom. The van der Waals surface area contributed by atoms with Crippen LogP contribution in [0.4, 0.5) is 5.82 Å². The highest BCUT2D eigenvalue weighted by Gasteiger charge is 2.16. The third-order valence-electron chi connectivity index (χ3n) is 3.75. The molecule has 0 unspecified atom stereocenters. The monoisotopic (exact) mass is 413 g/mol. The topological polar surface area (TPSA) is 70.3 Å². The van der Waals surface area contributed by atoms with Crippen molar-refractivity contribution in [1.82, 2.24) is 9.97 Å². The first-order chi connectivity index (χ1) is 11.5. The smallest absolute Gasteiger partial charge is 0.148 e. The molecule has 0 aliphatic rings. The SMILES string of the molecule is CCC(CC)OCc1nc(Br)c(-c2ccc(OC)cc2Cl)nc1N. The predicted molar refractivity (Wildman–Crippen MR) is 100 cm³/mol. The largest absolute Gasteiger partial charge is 0.497 e. The normalized spacial score (nSPS) is 11.1. The fourth-order valence-corrected chi connectivity index (χ4v) is 3.05. The molecule has 1 heterocycles. The highest BCUT2D eigenvalue weighted by Crippen LogP contribution is 2.34. The van der Waals surface area contributed by atoms with Crippen LogP contribution in [-0.2, 0) is 11.3 Å². The minimum atomic E-state index is 0.195. The Kier molecular flexibility index (Phi) is 6.83. The van der Waals surface area contributed by atoms with Gasteiger partial charge in [0.25, 0.3) is 0 Å². The van der Waals surface area contributed by atoms with Crippen LogP contribution in [0.25, 0.3) is 11.3 Å². The van der Waals surface area contributed by atoms with E-state index in [9.17, 15) is 0 Å². The number of nitrogens with two attached hydrogens (primary N) is 1. The average Bonchev–Trinajstić information content (AvgIpc) is 2.58. The van der Waals surface area contributed by atoms with E-state index in [1.807, 2.05) is 12.1 Å². The number of aromatic nitrogens is 2. The van der Waals surface area contributed by atoms with Crippen LogP contribution in [0.5, 0.6) is 5.75 Å². The van der Waals surface area contributed by atoms with Crippen LogP contribution in [0.1, 0.15) is 32.4 Å². The summed E-state index contributed by atoms with van der Waals surface area (Å²) in [5, 5.41) is 0.518. The van der Waals surface area contributed by atoms with E-state index in [2.05, 4.69) is 39.7 Å². The van der Waals surface area contributed by atoms with Gasteiger partial charge in [0.2, 0.25) is 0 Å². The Morgan fingerprint density at radius 1 is 1.25 bits per heavy atom. The Bertz CT molecular complexity index is 708. The molecule has 7 heteroatoms. The zero-order chi connectivity index (χ0) is 17.7. The van der Waals surface area contributed by atoms with Gasteiger partial charge in [-0.2, -0.15) is 0 Å². The number of hydrogen-bond acceptors (Lipinski definition) is 5. The lowest BCUT2D eigenvalue weighted by atomic mass is 10.1. The summed E-state index contributed by atoms with van der Waals surface area (Å²) in [4.78, 5) is 8.94. The first-order valence-corrected chi connectivity index (χ1v) is 8.94. The molecule has 0 fully saturated rings. The summed E-state index contributed by atoms with van der Waals surface area (Å²) in [7, 11) is 1.59. The number of ether oxygens (including phenoxy) is 2. The number of rotatable bonds is 7. The van der Waals surface area contributed by atoms with Gasteiger partial charge in [-0.15, -0.1) is 0 Å². The number of hydrogen-bond donors (Lipinski definition) is 1. The fraction of sp³-hybridized carbons (Fsp3) is 0.412. The maximum Gasteiger partial charge on any atom is 0.148 e. The summed E-state index contributed by atoms with van der Waals surface area (Å²) in [5.74, 6) is 1.02. The minimum absolute atomic E-state index is 0.195. The molecule has 0 bridgehead atoms. The van der Waals surface area contributed by atoms with E-state index in [4.69, 9.17) is 26.8 Å². The maximum atomic E-state index is 6.31. The highest BCUT2D eigenvalue weighted by atomic mass is 79.9. The van der Waals surface area contributed by atoms with Crippen LogP contribution < -0.4 is 10.5 Å². The van der Waals surface area contributed by atoms with Crippen LogP contribution in [0.3, 0.4) is 0 Å². The molecular formula is C17H21BrClN3O2. The highest BCUT2D eigenvalue weighted by molar-refractivity contribution is 9.10. The molecule has 130 valence electrons. The van der Waals surface area contributed by atoms with Crippen LogP contribution in [0.15, 0.2) is 22.8 Å². The molecular weight excluding hydrogens is 394 g/mol. The molecule has 0 radical (unpaired) electrons. The molecule has 2 rings (SSSR count). The number of halogens is 2. The van der Waals surface area contributed by atoms with Crippen molar-refractivity contribution in [3.8, 4) is 17.0 Å². The van der Waals surface area contributed by atoms with Gasteiger partial charge in [-0.1, -0.05) is 25.4 Å². The number of benzene rings is 1. The summed E-state index contributed by atoms with van der Waals surface area (Å²) in [6.07, 6.45) is 2.09. The van der Waals surface area contributed by atoms with Gasteiger partial charge >= 0.3 is 0 Å². The molecule has 24 heavy (non-hydrogen) atoms. The van der Waals surface area contributed by atoms with E-state index in [1.54, 1.807) is 13.2 Å². The van der Waals surface area contributed by atoms with Crippen LogP contribution in [0.2, 0.25) is 5.02 Å². The van der Waals surface area contributed by atoms with Crippen molar-refractivity contribution in [2.24, 2.45) is 0 Å². The molecule has 0 spiro atoms. The van der Waals surface area contributed by atoms with E-state index in [0.717, 1.165) is 18.4 Å².